The first-order valence-corrected chi connectivity index (χ1v) is 41.0. The van der Waals surface area contributed by atoms with Gasteiger partial charge in [-0.25, -0.2) is 0 Å². The van der Waals surface area contributed by atoms with Crippen LogP contribution >= 0.6 is 0 Å². The summed E-state index contributed by atoms with van der Waals surface area (Å²) in [5.41, 5.74) is 19.8. The van der Waals surface area contributed by atoms with Gasteiger partial charge in [0.2, 0.25) is 0 Å². The Morgan fingerprint density at radius 3 is 1.09 bits per heavy atom. The van der Waals surface area contributed by atoms with Gasteiger partial charge in [0.25, 0.3) is 0 Å². The number of hydrogen-bond donors (Lipinski definition) is 0. The third-order valence-electron chi connectivity index (χ3n) is 26.3. The average molecular weight is 1550 g/mol. The maximum absolute atomic E-state index is 11.9. The number of nitriles is 4. The van der Waals surface area contributed by atoms with Crippen LogP contribution in [-0.2, 0) is 0 Å². The molecule has 10 heteroatoms. The zero-order valence-electron chi connectivity index (χ0n) is 65.1. The molecular formula is C112H60N10. The Kier molecular flexibility index (Phi) is 13.8. The fraction of sp³-hybridized carbons (Fsp3) is 0. The lowest BCUT2D eigenvalue weighted by Gasteiger charge is -2.20. The highest BCUT2D eigenvalue weighted by molar-refractivity contribution is 6.35. The number of benzene rings is 20. The van der Waals surface area contributed by atoms with Gasteiger partial charge in [0, 0.05) is 86.8 Å². The predicted octanol–water partition coefficient (Wildman–Crippen LogP) is 28.3. The molecule has 0 aliphatic heterocycles. The van der Waals surface area contributed by atoms with Crippen molar-refractivity contribution in [3.63, 3.8) is 0 Å². The lowest BCUT2D eigenvalue weighted by molar-refractivity contribution is 1.08. The van der Waals surface area contributed by atoms with Crippen LogP contribution in [0.1, 0.15) is 22.3 Å². The van der Waals surface area contributed by atoms with E-state index in [9.17, 15) is 21.0 Å². The van der Waals surface area contributed by atoms with Crippen LogP contribution in [0.2, 0.25) is 0 Å². The zero-order valence-corrected chi connectivity index (χ0v) is 65.1. The largest absolute Gasteiger partial charge is 0.309 e. The summed E-state index contributed by atoms with van der Waals surface area (Å²) in [6.07, 6.45) is 0. The lowest BCUT2D eigenvalue weighted by atomic mass is 9.92. The number of para-hydroxylation sites is 5. The van der Waals surface area contributed by atoms with Crippen LogP contribution in [0.25, 0.3) is 241 Å². The standard InChI is InChI=1S/C112H60N10/c113-61-68-47-54-102(109(90(68)63-115)120-98-57-50-70(59-89(98)106-73-25-4-2-23-66(73)46-53-101(106)120)117-92-38-16-11-29-78(92)79-30-12-17-39-93(79)117)119-97-56-49-71(60-88(97)105-72-24-3-1-22-65(72)45-52-100(105)119)118-94-40-18-13-34-84(94)104-74(37-21-43-99(104)118)67-44-51-83-87(58-67)77-28-6-9-32-81(77)108-86-36-15-20-42-96(86)122(112(83)108)110-91(64-116)69(62-114)48-55-103(110)121-95-41-19-14-35-85(95)107-80-31-8-5-26-75(80)76-27-7-10-33-82(76)111(107)121/h1-60H. The minimum absolute atomic E-state index is 0.276. The summed E-state index contributed by atoms with van der Waals surface area (Å²) in [7, 11) is 0. The number of rotatable bonds is 7. The maximum atomic E-state index is 11.9. The Balaban J connectivity index is 0.692. The van der Waals surface area contributed by atoms with Gasteiger partial charge in [0.05, 0.1) is 111 Å². The van der Waals surface area contributed by atoms with Crippen molar-refractivity contribution in [3.8, 4) is 69.5 Å². The molecule has 122 heavy (non-hydrogen) atoms. The molecule has 20 aromatic carbocycles. The van der Waals surface area contributed by atoms with E-state index in [1.165, 1.54) is 10.8 Å². The second-order valence-corrected chi connectivity index (χ2v) is 32.1. The normalized spacial score (nSPS) is 12.1. The third kappa shape index (κ3) is 8.89. The molecule has 6 heterocycles. The predicted molar refractivity (Wildman–Crippen MR) is 502 cm³/mol. The van der Waals surface area contributed by atoms with Crippen molar-refractivity contribution in [1.82, 2.24) is 27.4 Å². The summed E-state index contributed by atoms with van der Waals surface area (Å²) in [6, 6.07) is 140. The Morgan fingerprint density at radius 2 is 0.549 bits per heavy atom. The Morgan fingerprint density at radius 1 is 0.189 bits per heavy atom. The van der Waals surface area contributed by atoms with Gasteiger partial charge < -0.3 is 27.4 Å². The van der Waals surface area contributed by atoms with Crippen LogP contribution in [0.15, 0.2) is 364 Å². The molecule has 26 rings (SSSR count). The van der Waals surface area contributed by atoms with E-state index in [-0.39, 0.29) is 22.3 Å². The quantitative estimate of drug-likeness (QED) is 0.147. The van der Waals surface area contributed by atoms with Gasteiger partial charge in [-0.2, -0.15) is 21.0 Å². The van der Waals surface area contributed by atoms with E-state index in [0.29, 0.717) is 11.4 Å². The molecule has 0 radical (unpaired) electrons. The van der Waals surface area contributed by atoms with Gasteiger partial charge in [-0.3, -0.25) is 0 Å². The molecule has 10 nitrogen and oxygen atoms in total. The summed E-state index contributed by atoms with van der Waals surface area (Å²) < 4.78 is 14.0. The van der Waals surface area contributed by atoms with Gasteiger partial charge in [0.15, 0.2) is 0 Å². The molecule has 0 saturated heterocycles. The molecule has 0 N–H and O–H groups in total. The summed E-state index contributed by atoms with van der Waals surface area (Å²) in [5, 5.41) is 72.1. The van der Waals surface area contributed by atoms with Gasteiger partial charge in [0.1, 0.15) is 24.3 Å². The molecule has 0 aliphatic carbocycles. The summed E-state index contributed by atoms with van der Waals surface area (Å²) >= 11 is 0. The number of nitrogens with zero attached hydrogens (tertiary/aromatic N) is 10. The fourth-order valence-electron chi connectivity index (χ4n) is 21.4. The highest BCUT2D eigenvalue weighted by atomic mass is 15.1. The van der Waals surface area contributed by atoms with Gasteiger partial charge >= 0.3 is 0 Å². The highest BCUT2D eigenvalue weighted by Crippen LogP contribution is 2.52. The van der Waals surface area contributed by atoms with Crippen LogP contribution in [-0.4, -0.2) is 27.4 Å². The van der Waals surface area contributed by atoms with Crippen LogP contribution in [0.3, 0.4) is 0 Å². The summed E-state index contributed by atoms with van der Waals surface area (Å²) in [5.74, 6) is 0. The topological polar surface area (TPSA) is 125 Å². The van der Waals surface area contributed by atoms with E-state index in [4.69, 9.17) is 0 Å². The highest BCUT2D eigenvalue weighted by Gasteiger charge is 2.32. The van der Waals surface area contributed by atoms with Crippen molar-refractivity contribution in [2.75, 3.05) is 0 Å². The Hall–Kier alpha value is -17.3. The molecular weight excluding hydrogens is 1490 g/mol. The van der Waals surface area contributed by atoms with E-state index in [0.717, 1.165) is 219 Å². The smallest absolute Gasteiger partial charge is 0.103 e. The van der Waals surface area contributed by atoms with Crippen LogP contribution in [0.4, 0.5) is 0 Å². The summed E-state index contributed by atoms with van der Waals surface area (Å²) in [6.45, 7) is 0. The summed E-state index contributed by atoms with van der Waals surface area (Å²) in [4.78, 5) is 0. The lowest BCUT2D eigenvalue weighted by Crippen LogP contribution is -2.08. The number of fused-ring (bicyclic) bond motifs is 32. The van der Waals surface area contributed by atoms with Crippen molar-refractivity contribution < 1.29 is 0 Å². The van der Waals surface area contributed by atoms with E-state index in [2.05, 4.69) is 397 Å². The van der Waals surface area contributed by atoms with Crippen LogP contribution in [0, 0.1) is 45.3 Å². The van der Waals surface area contributed by atoms with Crippen molar-refractivity contribution in [1.29, 1.82) is 21.0 Å². The first kappa shape index (κ1) is 66.9. The van der Waals surface area contributed by atoms with E-state index in [1.807, 2.05) is 18.2 Å². The molecule has 558 valence electrons. The second-order valence-electron chi connectivity index (χ2n) is 32.1. The fourth-order valence-corrected chi connectivity index (χ4v) is 21.4. The monoisotopic (exact) mass is 1540 g/mol. The minimum Gasteiger partial charge on any atom is -0.309 e. The van der Waals surface area contributed by atoms with Gasteiger partial charge in [-0.1, -0.05) is 249 Å². The molecule has 0 aliphatic rings. The molecule has 0 spiro atoms. The Bertz CT molecular complexity index is 9440. The number of aromatic nitrogens is 6. The first-order valence-electron chi connectivity index (χ1n) is 41.0. The van der Waals surface area contributed by atoms with Crippen molar-refractivity contribution in [2.24, 2.45) is 0 Å². The number of hydrogen-bond acceptors (Lipinski definition) is 4. The molecule has 26 aromatic rings. The molecule has 0 bridgehead atoms. The molecule has 0 unspecified atom stereocenters. The molecule has 0 saturated carbocycles. The third-order valence-corrected chi connectivity index (χ3v) is 26.3. The van der Waals surface area contributed by atoms with E-state index in [1.54, 1.807) is 0 Å². The molecule has 0 atom stereocenters. The maximum Gasteiger partial charge on any atom is 0.103 e. The van der Waals surface area contributed by atoms with Crippen LogP contribution < -0.4 is 0 Å². The van der Waals surface area contributed by atoms with E-state index < -0.39 is 0 Å². The first-order chi connectivity index (χ1) is 60.4. The Labute approximate surface area is 695 Å². The molecule has 6 aromatic heterocycles. The van der Waals surface area contributed by atoms with Gasteiger partial charge in [-0.05, 0) is 180 Å². The minimum atomic E-state index is 0.276. The van der Waals surface area contributed by atoms with Crippen LogP contribution in [0.5, 0.6) is 0 Å². The van der Waals surface area contributed by atoms with Crippen molar-refractivity contribution in [2.45, 2.75) is 0 Å². The second kappa shape index (κ2) is 25.1. The zero-order chi connectivity index (χ0) is 80.4. The SMILES string of the molecule is N#Cc1ccc(-n2c3ccc(-n4c5ccccc5c5c(-c6ccc7c(c6)c6ccccc6c6c8ccccc8n(-c8c(-n9c%10ccccc%10c%10c%11ccccc%11c%11ccccc%11c%109)ccc(C#N)c8C#N)c76)cccc54)cc3c3c4ccccc4ccc32)c(-n2c3ccc(-n4c5ccccc5c5ccccc54)cc3c3c4ccccc4ccc32)c1C#N. The average Bonchev–Trinajstić information content (AvgIpc) is 1.52. The van der Waals surface area contributed by atoms with E-state index >= 15 is 0 Å². The van der Waals surface area contributed by atoms with Crippen molar-refractivity contribution >= 4 is 195 Å². The molecule has 0 amide bonds. The van der Waals surface area contributed by atoms with Crippen molar-refractivity contribution in [3.05, 3.63) is 386 Å². The van der Waals surface area contributed by atoms with Gasteiger partial charge in [-0.15, -0.1) is 0 Å². The molecule has 0 fully saturated rings.